The Labute approximate surface area is 199 Å². The molecule has 0 aliphatic carbocycles. The summed E-state index contributed by atoms with van der Waals surface area (Å²) in [6, 6.07) is 11.8. The van der Waals surface area contributed by atoms with Crippen molar-refractivity contribution < 1.29 is 9.26 Å². The Kier molecular flexibility index (Phi) is 9.70. The van der Waals surface area contributed by atoms with Crippen LogP contribution in [0.4, 0.5) is 0 Å². The van der Waals surface area contributed by atoms with Gasteiger partial charge in [-0.2, -0.15) is 4.98 Å². The molecule has 0 saturated carbocycles. The molecule has 3 rings (SSSR count). The van der Waals surface area contributed by atoms with E-state index in [1.807, 2.05) is 32.0 Å². The fourth-order valence-electron chi connectivity index (χ4n) is 2.81. The van der Waals surface area contributed by atoms with E-state index in [0.29, 0.717) is 42.9 Å². The summed E-state index contributed by atoms with van der Waals surface area (Å²) < 4.78 is 11.2. The van der Waals surface area contributed by atoms with E-state index >= 15 is 0 Å². The number of hydrogen-bond donors (Lipinski definition) is 2. The van der Waals surface area contributed by atoms with Gasteiger partial charge in [0.2, 0.25) is 0 Å². The Morgan fingerprint density at radius 3 is 2.74 bits per heavy atom. The molecule has 2 aromatic heterocycles. The molecule has 0 unspecified atom stereocenters. The van der Waals surface area contributed by atoms with Gasteiger partial charge in [-0.25, -0.2) is 0 Å². The molecule has 0 fully saturated rings. The van der Waals surface area contributed by atoms with Gasteiger partial charge in [-0.3, -0.25) is 9.98 Å². The first-order valence-electron chi connectivity index (χ1n) is 10.00. The molecule has 1 aromatic carbocycles. The van der Waals surface area contributed by atoms with Crippen molar-refractivity contribution in [2.24, 2.45) is 4.99 Å². The minimum atomic E-state index is 0. The van der Waals surface area contributed by atoms with E-state index < -0.39 is 0 Å². The third kappa shape index (κ3) is 7.50. The van der Waals surface area contributed by atoms with Gasteiger partial charge in [0.05, 0.1) is 6.10 Å². The van der Waals surface area contributed by atoms with Gasteiger partial charge < -0.3 is 19.9 Å². The molecule has 0 amide bonds. The molecule has 2 heterocycles. The molecule has 2 N–H and O–H groups in total. The molecule has 8 nitrogen and oxygen atoms in total. The van der Waals surface area contributed by atoms with Gasteiger partial charge in [0, 0.05) is 38.3 Å². The molecule has 31 heavy (non-hydrogen) atoms. The van der Waals surface area contributed by atoms with E-state index in [4.69, 9.17) is 9.26 Å². The summed E-state index contributed by atoms with van der Waals surface area (Å²) in [5.74, 6) is 2.62. The number of aliphatic imine (C=N–C) groups is 1. The van der Waals surface area contributed by atoms with E-state index in [2.05, 4.69) is 55.9 Å². The molecule has 3 aromatic rings. The Balaban J connectivity index is 0.00000341. The number of ether oxygens (including phenoxy) is 1. The molecular formula is C22H29IN6O2. The Morgan fingerprint density at radius 2 is 2.03 bits per heavy atom. The van der Waals surface area contributed by atoms with Crippen LogP contribution in [0, 0.1) is 6.92 Å². The molecule has 9 heteroatoms. The second kappa shape index (κ2) is 12.2. The number of benzene rings is 1. The van der Waals surface area contributed by atoms with Gasteiger partial charge >= 0.3 is 0 Å². The average Bonchev–Trinajstić information content (AvgIpc) is 3.21. The normalized spacial score (nSPS) is 11.2. The van der Waals surface area contributed by atoms with Crippen molar-refractivity contribution in [3.05, 3.63) is 59.5 Å². The van der Waals surface area contributed by atoms with E-state index in [0.717, 1.165) is 11.3 Å². The lowest BCUT2D eigenvalue weighted by molar-refractivity contribution is 0.239. The summed E-state index contributed by atoms with van der Waals surface area (Å²) in [6.07, 6.45) is 2.42. The lowest BCUT2D eigenvalue weighted by atomic mass is 10.1. The topological polar surface area (TPSA) is 97.5 Å². The van der Waals surface area contributed by atoms with Crippen LogP contribution in [-0.2, 0) is 13.0 Å². The van der Waals surface area contributed by atoms with Gasteiger partial charge in [-0.1, -0.05) is 23.4 Å². The number of nitrogens with zero attached hydrogens (tertiary/aromatic N) is 4. The third-order valence-electron chi connectivity index (χ3n) is 4.25. The second-order valence-electron chi connectivity index (χ2n) is 7.11. The lowest BCUT2D eigenvalue weighted by Crippen LogP contribution is -2.38. The Bertz CT molecular complexity index is 975. The second-order valence-corrected chi connectivity index (χ2v) is 7.11. The molecule has 0 spiro atoms. The van der Waals surface area contributed by atoms with Crippen molar-refractivity contribution in [2.75, 3.05) is 13.6 Å². The highest BCUT2D eigenvalue weighted by Gasteiger charge is 2.10. The molecule has 0 bridgehead atoms. The maximum atomic E-state index is 5.94. The zero-order valence-corrected chi connectivity index (χ0v) is 20.6. The summed E-state index contributed by atoms with van der Waals surface area (Å²) in [4.78, 5) is 12.9. The predicted octanol–water partition coefficient (Wildman–Crippen LogP) is 3.75. The lowest BCUT2D eigenvalue weighted by Gasteiger charge is -2.17. The highest BCUT2D eigenvalue weighted by atomic mass is 127. The number of pyridine rings is 1. The first-order chi connectivity index (χ1) is 14.5. The standard InChI is InChI=1S/C22H28N6O2.HI/c1-15(2)29-19-13-16(3)8-9-17(19)14-26-22(23-4)25-12-10-20-27-21(30-28-20)18-7-5-6-11-24-18;/h5-9,11,13,15H,10,12,14H2,1-4H3,(H2,23,25,26);1H. The van der Waals surface area contributed by atoms with Crippen LogP contribution >= 0.6 is 24.0 Å². The van der Waals surface area contributed by atoms with Gasteiger partial charge in [-0.15, -0.1) is 24.0 Å². The van der Waals surface area contributed by atoms with Gasteiger partial charge in [-0.05, 0) is 44.5 Å². The smallest absolute Gasteiger partial charge is 0.276 e. The maximum absolute atomic E-state index is 5.94. The summed E-state index contributed by atoms with van der Waals surface area (Å²) in [7, 11) is 1.74. The highest BCUT2D eigenvalue weighted by Crippen LogP contribution is 2.21. The number of nitrogens with one attached hydrogen (secondary N) is 2. The Morgan fingerprint density at radius 1 is 1.19 bits per heavy atom. The van der Waals surface area contributed by atoms with Gasteiger partial charge in [0.1, 0.15) is 11.4 Å². The van der Waals surface area contributed by atoms with Crippen LogP contribution < -0.4 is 15.4 Å². The quantitative estimate of drug-likeness (QED) is 0.257. The number of aryl methyl sites for hydroxylation is 1. The van der Waals surface area contributed by atoms with Crippen LogP contribution in [0.2, 0.25) is 0 Å². The summed E-state index contributed by atoms with van der Waals surface area (Å²) >= 11 is 0. The van der Waals surface area contributed by atoms with Crippen LogP contribution in [0.1, 0.15) is 30.8 Å². The minimum Gasteiger partial charge on any atom is -0.491 e. The van der Waals surface area contributed by atoms with Crippen LogP contribution in [0.15, 0.2) is 52.1 Å². The highest BCUT2D eigenvalue weighted by molar-refractivity contribution is 14.0. The van der Waals surface area contributed by atoms with Crippen LogP contribution in [0.25, 0.3) is 11.6 Å². The van der Waals surface area contributed by atoms with E-state index in [-0.39, 0.29) is 30.1 Å². The van der Waals surface area contributed by atoms with Crippen LogP contribution in [-0.4, -0.2) is 40.8 Å². The summed E-state index contributed by atoms with van der Waals surface area (Å²) in [5.41, 5.74) is 2.91. The summed E-state index contributed by atoms with van der Waals surface area (Å²) in [5, 5.41) is 10.6. The number of aromatic nitrogens is 3. The van der Waals surface area contributed by atoms with Crippen molar-refractivity contribution in [3.8, 4) is 17.3 Å². The molecule has 0 aliphatic rings. The number of guanidine groups is 1. The monoisotopic (exact) mass is 536 g/mol. The largest absolute Gasteiger partial charge is 0.491 e. The van der Waals surface area contributed by atoms with E-state index in [1.54, 1.807) is 13.2 Å². The first-order valence-corrected chi connectivity index (χ1v) is 10.00. The van der Waals surface area contributed by atoms with Gasteiger partial charge in [0.25, 0.3) is 5.89 Å². The van der Waals surface area contributed by atoms with E-state index in [9.17, 15) is 0 Å². The van der Waals surface area contributed by atoms with Crippen LogP contribution in [0.5, 0.6) is 5.75 Å². The molecular weight excluding hydrogens is 507 g/mol. The molecule has 0 atom stereocenters. The number of hydrogen-bond acceptors (Lipinski definition) is 6. The third-order valence-corrected chi connectivity index (χ3v) is 4.25. The fourth-order valence-corrected chi connectivity index (χ4v) is 2.81. The van der Waals surface area contributed by atoms with E-state index in [1.165, 1.54) is 5.56 Å². The fraction of sp³-hybridized carbons (Fsp3) is 0.364. The molecule has 0 radical (unpaired) electrons. The maximum Gasteiger partial charge on any atom is 0.276 e. The molecule has 0 aliphatic heterocycles. The Hall–Kier alpha value is -2.69. The van der Waals surface area contributed by atoms with Crippen molar-refractivity contribution in [1.29, 1.82) is 0 Å². The van der Waals surface area contributed by atoms with Gasteiger partial charge in [0.15, 0.2) is 11.8 Å². The molecule has 166 valence electrons. The number of rotatable bonds is 8. The zero-order valence-electron chi connectivity index (χ0n) is 18.3. The average molecular weight is 536 g/mol. The number of halogens is 1. The van der Waals surface area contributed by atoms with Crippen molar-refractivity contribution >= 4 is 29.9 Å². The summed E-state index contributed by atoms with van der Waals surface area (Å²) in [6.45, 7) is 7.33. The predicted molar refractivity (Wildman–Crippen MR) is 132 cm³/mol. The minimum absolute atomic E-state index is 0. The van der Waals surface area contributed by atoms with Crippen LogP contribution in [0.3, 0.4) is 0 Å². The van der Waals surface area contributed by atoms with Crippen molar-refractivity contribution in [1.82, 2.24) is 25.8 Å². The first kappa shape index (κ1) is 24.6. The van der Waals surface area contributed by atoms with Crippen molar-refractivity contribution in [3.63, 3.8) is 0 Å². The SMILES string of the molecule is CN=C(NCCc1noc(-c2ccccn2)n1)NCc1ccc(C)cc1OC(C)C.I. The van der Waals surface area contributed by atoms with Crippen molar-refractivity contribution in [2.45, 2.75) is 39.8 Å². The molecule has 0 saturated heterocycles. The zero-order chi connectivity index (χ0) is 21.3.